The van der Waals surface area contributed by atoms with Gasteiger partial charge in [-0.15, -0.1) is 0 Å². The maximum Gasteiger partial charge on any atom is 0.274 e. The summed E-state index contributed by atoms with van der Waals surface area (Å²) in [7, 11) is -3.59. The molecule has 0 radical (unpaired) electrons. The molecule has 1 aliphatic carbocycles. The van der Waals surface area contributed by atoms with Gasteiger partial charge >= 0.3 is 0 Å². The van der Waals surface area contributed by atoms with E-state index in [0.29, 0.717) is 11.8 Å². The van der Waals surface area contributed by atoms with Crippen LogP contribution < -0.4 is 9.86 Å². The first-order chi connectivity index (χ1) is 13.3. The Hall–Kier alpha value is -0.540. The average molecular weight is 476 g/mol. The second-order valence-electron chi connectivity index (χ2n) is 8.39. The number of hydrogen-bond acceptors (Lipinski definition) is 3. The highest BCUT2D eigenvalue weighted by Gasteiger charge is 2.25. The monoisotopic (exact) mass is 475 g/mol. The minimum atomic E-state index is -3.59. The first-order valence-electron chi connectivity index (χ1n) is 10.2. The molecule has 0 spiro atoms. The molecule has 1 aliphatic heterocycles. The Morgan fingerprint density at radius 1 is 1.11 bits per heavy atom. The SMILES string of the molecule is NS(=O)(=O)NC1CCC(CCN2CCC(Cc3cc(F)ccc3Br)CC2)CC1. The van der Waals surface area contributed by atoms with Crippen LogP contribution in [0.25, 0.3) is 0 Å². The van der Waals surface area contributed by atoms with Crippen molar-refractivity contribution >= 4 is 26.1 Å². The molecule has 28 heavy (non-hydrogen) atoms. The number of nitrogens with zero attached hydrogens (tertiary/aromatic N) is 1. The highest BCUT2D eigenvalue weighted by Crippen LogP contribution is 2.29. The molecule has 1 saturated carbocycles. The zero-order valence-corrected chi connectivity index (χ0v) is 18.7. The van der Waals surface area contributed by atoms with E-state index in [0.717, 1.165) is 74.6 Å². The van der Waals surface area contributed by atoms with Crippen molar-refractivity contribution in [1.29, 1.82) is 0 Å². The van der Waals surface area contributed by atoms with E-state index in [1.807, 2.05) is 0 Å². The van der Waals surface area contributed by atoms with E-state index in [1.165, 1.54) is 12.5 Å². The van der Waals surface area contributed by atoms with Crippen LogP contribution in [0.15, 0.2) is 22.7 Å². The van der Waals surface area contributed by atoms with Crippen LogP contribution >= 0.6 is 15.9 Å². The molecular formula is C20H31BrFN3O2S. The maximum absolute atomic E-state index is 13.5. The second-order valence-corrected chi connectivity index (χ2v) is 10.6. The van der Waals surface area contributed by atoms with Crippen molar-refractivity contribution in [3.8, 4) is 0 Å². The number of benzene rings is 1. The van der Waals surface area contributed by atoms with Crippen LogP contribution in [0.5, 0.6) is 0 Å². The molecule has 0 amide bonds. The zero-order chi connectivity index (χ0) is 20.1. The van der Waals surface area contributed by atoms with Crippen LogP contribution in [-0.4, -0.2) is 39.0 Å². The van der Waals surface area contributed by atoms with E-state index in [2.05, 4.69) is 25.6 Å². The number of hydrogen-bond donors (Lipinski definition) is 2. The molecule has 1 aromatic carbocycles. The van der Waals surface area contributed by atoms with Gasteiger partial charge in [0.15, 0.2) is 0 Å². The van der Waals surface area contributed by atoms with Gasteiger partial charge in [-0.1, -0.05) is 15.9 Å². The summed E-state index contributed by atoms with van der Waals surface area (Å²) in [5.41, 5.74) is 1.07. The first-order valence-corrected chi connectivity index (χ1v) is 12.6. The summed E-state index contributed by atoms with van der Waals surface area (Å²) in [4.78, 5) is 2.55. The Kier molecular flexibility index (Phi) is 7.89. The molecule has 3 rings (SSSR count). The molecule has 2 fully saturated rings. The lowest BCUT2D eigenvalue weighted by Gasteiger charge is -2.34. The van der Waals surface area contributed by atoms with Gasteiger partial charge < -0.3 is 4.90 Å². The van der Waals surface area contributed by atoms with Gasteiger partial charge in [0, 0.05) is 10.5 Å². The molecule has 8 heteroatoms. The first kappa shape index (κ1) is 22.2. The second kappa shape index (κ2) is 9.98. The number of piperidine rings is 1. The molecule has 5 nitrogen and oxygen atoms in total. The molecule has 0 bridgehead atoms. The molecule has 2 aliphatic rings. The van der Waals surface area contributed by atoms with E-state index < -0.39 is 10.2 Å². The highest BCUT2D eigenvalue weighted by molar-refractivity contribution is 9.10. The summed E-state index contributed by atoms with van der Waals surface area (Å²) in [6, 6.07) is 4.95. The van der Waals surface area contributed by atoms with E-state index in [-0.39, 0.29) is 11.9 Å². The van der Waals surface area contributed by atoms with Crippen LogP contribution in [0.3, 0.4) is 0 Å². The number of likely N-dealkylation sites (tertiary alicyclic amines) is 1. The summed E-state index contributed by atoms with van der Waals surface area (Å²) in [6.07, 6.45) is 8.34. The minimum absolute atomic E-state index is 0.00384. The lowest BCUT2D eigenvalue weighted by atomic mass is 9.84. The zero-order valence-electron chi connectivity index (χ0n) is 16.2. The molecule has 3 N–H and O–H groups in total. The van der Waals surface area contributed by atoms with E-state index in [4.69, 9.17) is 5.14 Å². The lowest BCUT2D eigenvalue weighted by Crippen LogP contribution is -2.41. The summed E-state index contributed by atoms with van der Waals surface area (Å²) in [6.45, 7) is 3.34. The van der Waals surface area contributed by atoms with Gasteiger partial charge in [0.2, 0.25) is 0 Å². The van der Waals surface area contributed by atoms with Crippen molar-refractivity contribution in [2.45, 2.75) is 57.4 Å². The molecular weight excluding hydrogens is 445 g/mol. The van der Waals surface area contributed by atoms with Gasteiger partial charge in [0.05, 0.1) is 0 Å². The Morgan fingerprint density at radius 3 is 2.43 bits per heavy atom. The molecule has 0 atom stereocenters. The van der Waals surface area contributed by atoms with Gasteiger partial charge in [-0.2, -0.15) is 13.1 Å². The average Bonchev–Trinajstić information content (AvgIpc) is 2.64. The summed E-state index contributed by atoms with van der Waals surface area (Å²) in [5.74, 6) is 1.14. The van der Waals surface area contributed by atoms with E-state index in [9.17, 15) is 12.8 Å². The third kappa shape index (κ3) is 7.06. The van der Waals surface area contributed by atoms with Crippen molar-refractivity contribution < 1.29 is 12.8 Å². The van der Waals surface area contributed by atoms with Crippen molar-refractivity contribution in [1.82, 2.24) is 9.62 Å². The molecule has 158 valence electrons. The Morgan fingerprint density at radius 2 is 1.79 bits per heavy atom. The number of nitrogens with one attached hydrogen (secondary N) is 1. The third-order valence-corrected chi connectivity index (χ3v) is 7.69. The summed E-state index contributed by atoms with van der Waals surface area (Å²) < 4.78 is 39.3. The van der Waals surface area contributed by atoms with Gasteiger partial charge in [0.25, 0.3) is 10.2 Å². The minimum Gasteiger partial charge on any atom is -0.303 e. The van der Waals surface area contributed by atoms with E-state index >= 15 is 0 Å². The number of halogens is 2. The lowest BCUT2D eigenvalue weighted by molar-refractivity contribution is 0.164. The van der Waals surface area contributed by atoms with Gasteiger partial charge in [0.1, 0.15) is 5.82 Å². The van der Waals surface area contributed by atoms with Crippen molar-refractivity contribution in [2.24, 2.45) is 17.0 Å². The van der Waals surface area contributed by atoms with Crippen LogP contribution in [0.4, 0.5) is 4.39 Å². The van der Waals surface area contributed by atoms with Crippen molar-refractivity contribution in [3.05, 3.63) is 34.1 Å². The number of rotatable bonds is 7. The maximum atomic E-state index is 13.5. The van der Waals surface area contributed by atoms with Crippen LogP contribution in [-0.2, 0) is 16.6 Å². The largest absolute Gasteiger partial charge is 0.303 e. The van der Waals surface area contributed by atoms with Gasteiger partial charge in [-0.25, -0.2) is 9.53 Å². The Labute approximate surface area is 176 Å². The third-order valence-electron chi connectivity index (χ3n) is 6.25. The highest BCUT2D eigenvalue weighted by atomic mass is 79.9. The van der Waals surface area contributed by atoms with Gasteiger partial charge in [-0.05, 0) is 107 Å². The Bertz CT molecular complexity index is 746. The fraction of sp³-hybridized carbons (Fsp3) is 0.700. The molecule has 0 unspecified atom stereocenters. The van der Waals surface area contributed by atoms with E-state index in [1.54, 1.807) is 12.1 Å². The quantitative estimate of drug-likeness (QED) is 0.632. The number of nitrogens with two attached hydrogens (primary N) is 1. The topological polar surface area (TPSA) is 75.4 Å². The normalized spacial score (nSPS) is 25.1. The van der Waals surface area contributed by atoms with Crippen LogP contribution in [0.2, 0.25) is 0 Å². The fourth-order valence-corrected chi connectivity index (χ4v) is 5.70. The summed E-state index contributed by atoms with van der Waals surface area (Å²) >= 11 is 3.54. The molecule has 1 aromatic rings. The van der Waals surface area contributed by atoms with Crippen molar-refractivity contribution in [3.63, 3.8) is 0 Å². The standard InChI is InChI=1S/C20H31BrFN3O2S/c21-20-6-3-18(22)14-17(20)13-16-8-11-25(12-9-16)10-7-15-1-4-19(5-2-15)24-28(23,26)27/h3,6,14-16,19,24H,1-2,4-5,7-13H2,(H2,23,26,27). The Balaban J connectivity index is 1.34. The van der Waals surface area contributed by atoms with Crippen LogP contribution in [0, 0.1) is 17.7 Å². The fourth-order valence-electron chi connectivity index (χ4n) is 4.59. The predicted molar refractivity (Wildman–Crippen MR) is 114 cm³/mol. The molecule has 0 aromatic heterocycles. The molecule has 1 saturated heterocycles. The summed E-state index contributed by atoms with van der Waals surface area (Å²) in [5, 5.41) is 5.07. The predicted octanol–water partition coefficient (Wildman–Crippen LogP) is 3.58. The smallest absolute Gasteiger partial charge is 0.274 e. The van der Waals surface area contributed by atoms with Gasteiger partial charge in [-0.3, -0.25) is 0 Å². The van der Waals surface area contributed by atoms with Crippen molar-refractivity contribution in [2.75, 3.05) is 19.6 Å². The van der Waals surface area contributed by atoms with Crippen LogP contribution in [0.1, 0.15) is 50.5 Å². The molecule has 1 heterocycles.